The molecule has 11 heteroatoms. The molecule has 1 saturated heterocycles. The van der Waals surface area contributed by atoms with Crippen LogP contribution in [0.4, 0.5) is 17.5 Å². The van der Waals surface area contributed by atoms with E-state index in [2.05, 4.69) is 24.8 Å². The standard InChI is InChI=1S/C24H24ClN9O/c25-15-3-1-2-13(8-15)19-11-30-23(31-19)20-12-34(6-7-35-20)21-10-18(32-24(29)33-21)14-4-5-16(22(27)28)17(26)9-14/h1-5,8-11,20H,6-7,12,26H2,(H3,27,28)(H,30,31)(H2,29,32,33). The molecule has 0 amide bonds. The van der Waals surface area contributed by atoms with Crippen LogP contribution >= 0.6 is 11.6 Å². The molecule has 1 aliphatic rings. The molecule has 1 atom stereocenters. The summed E-state index contributed by atoms with van der Waals surface area (Å²) in [4.78, 5) is 18.8. The number of nitrogen functional groups attached to an aromatic ring is 3. The first-order chi connectivity index (χ1) is 16.9. The number of nitrogens with one attached hydrogen (secondary N) is 2. The molecule has 0 saturated carbocycles. The van der Waals surface area contributed by atoms with Gasteiger partial charge in [0, 0.05) is 40.0 Å². The summed E-state index contributed by atoms with van der Waals surface area (Å²) in [6.45, 7) is 1.67. The Labute approximate surface area is 206 Å². The number of nitrogens with two attached hydrogens (primary N) is 3. The molecule has 3 heterocycles. The Balaban J connectivity index is 1.39. The summed E-state index contributed by atoms with van der Waals surface area (Å²) < 4.78 is 6.00. The SMILES string of the molecule is N=C(N)c1ccc(-c2cc(N3CCOC(c4ncc(-c5cccc(Cl)c5)[nH]4)C3)nc(N)n2)cc1N. The number of nitrogens with zero attached hydrogens (tertiary/aromatic N) is 4. The molecule has 2 aromatic heterocycles. The van der Waals surface area contributed by atoms with Gasteiger partial charge in [0.15, 0.2) is 0 Å². The first-order valence-electron chi connectivity index (χ1n) is 10.9. The number of hydrogen-bond acceptors (Lipinski definition) is 8. The van der Waals surface area contributed by atoms with Crippen LogP contribution in [0.3, 0.4) is 0 Å². The summed E-state index contributed by atoms with van der Waals surface area (Å²) in [5, 5.41) is 8.28. The van der Waals surface area contributed by atoms with E-state index in [0.29, 0.717) is 47.5 Å². The number of imidazole rings is 1. The fourth-order valence-electron chi connectivity index (χ4n) is 4.06. The van der Waals surface area contributed by atoms with Crippen LogP contribution in [0.2, 0.25) is 5.02 Å². The van der Waals surface area contributed by atoms with Crippen molar-refractivity contribution in [3.63, 3.8) is 0 Å². The van der Waals surface area contributed by atoms with Crippen molar-refractivity contribution in [2.45, 2.75) is 6.10 Å². The van der Waals surface area contributed by atoms with Gasteiger partial charge in [-0.25, -0.2) is 9.97 Å². The quantitative estimate of drug-likeness (QED) is 0.162. The lowest BCUT2D eigenvalue weighted by atomic mass is 10.1. The van der Waals surface area contributed by atoms with Gasteiger partial charge < -0.3 is 31.8 Å². The van der Waals surface area contributed by atoms with Gasteiger partial charge in [-0.15, -0.1) is 0 Å². The highest BCUT2D eigenvalue weighted by atomic mass is 35.5. The second-order valence-electron chi connectivity index (χ2n) is 8.18. The van der Waals surface area contributed by atoms with Crippen LogP contribution in [0.5, 0.6) is 0 Å². The first-order valence-corrected chi connectivity index (χ1v) is 11.3. The Morgan fingerprint density at radius 1 is 1.11 bits per heavy atom. The van der Waals surface area contributed by atoms with Crippen molar-refractivity contribution >= 4 is 34.9 Å². The van der Waals surface area contributed by atoms with E-state index in [-0.39, 0.29) is 17.9 Å². The number of H-pyrrole nitrogens is 1. The van der Waals surface area contributed by atoms with Gasteiger partial charge in [0.05, 0.1) is 30.7 Å². The lowest BCUT2D eigenvalue weighted by Crippen LogP contribution is -2.39. The number of morpholine rings is 1. The number of aromatic amines is 1. The van der Waals surface area contributed by atoms with Gasteiger partial charge in [-0.05, 0) is 24.3 Å². The Bertz CT molecular complexity index is 1400. The summed E-state index contributed by atoms with van der Waals surface area (Å²) in [5.74, 6) is 1.46. The number of rotatable bonds is 5. The molecular formula is C24H24ClN9O. The number of hydrogen-bond donors (Lipinski definition) is 5. The summed E-state index contributed by atoms with van der Waals surface area (Å²) in [5.41, 5.74) is 21.8. The van der Waals surface area contributed by atoms with Crippen molar-refractivity contribution in [1.29, 1.82) is 5.41 Å². The minimum Gasteiger partial charge on any atom is -0.398 e. The molecule has 178 valence electrons. The molecule has 0 radical (unpaired) electrons. The van der Waals surface area contributed by atoms with Crippen molar-refractivity contribution in [1.82, 2.24) is 19.9 Å². The maximum Gasteiger partial charge on any atom is 0.222 e. The summed E-state index contributed by atoms with van der Waals surface area (Å²) >= 11 is 6.13. The van der Waals surface area contributed by atoms with Crippen LogP contribution in [-0.4, -0.2) is 45.5 Å². The van der Waals surface area contributed by atoms with Gasteiger partial charge >= 0.3 is 0 Å². The number of benzene rings is 2. The molecule has 4 aromatic rings. The van der Waals surface area contributed by atoms with Crippen molar-refractivity contribution in [2.24, 2.45) is 5.73 Å². The average Bonchev–Trinajstić information content (AvgIpc) is 3.34. The number of amidine groups is 1. The van der Waals surface area contributed by atoms with Crippen molar-refractivity contribution in [3.05, 3.63) is 71.1 Å². The third-order valence-corrected chi connectivity index (χ3v) is 6.03. The third-order valence-electron chi connectivity index (χ3n) is 5.79. The Kier molecular flexibility index (Phi) is 5.98. The third kappa shape index (κ3) is 4.75. The van der Waals surface area contributed by atoms with Gasteiger partial charge in [-0.2, -0.15) is 4.98 Å². The largest absolute Gasteiger partial charge is 0.398 e. The van der Waals surface area contributed by atoms with E-state index < -0.39 is 0 Å². The molecule has 0 bridgehead atoms. The van der Waals surface area contributed by atoms with Crippen molar-refractivity contribution in [2.75, 3.05) is 36.1 Å². The van der Waals surface area contributed by atoms with Gasteiger partial charge in [0.2, 0.25) is 5.95 Å². The van der Waals surface area contributed by atoms with E-state index in [9.17, 15) is 0 Å². The van der Waals surface area contributed by atoms with Crippen molar-refractivity contribution in [3.8, 4) is 22.5 Å². The average molecular weight is 490 g/mol. The minimum absolute atomic E-state index is 0.0901. The fraction of sp³-hybridized carbons (Fsp3) is 0.167. The Hall–Kier alpha value is -4.15. The van der Waals surface area contributed by atoms with E-state index >= 15 is 0 Å². The Morgan fingerprint density at radius 2 is 1.97 bits per heavy atom. The van der Waals surface area contributed by atoms with E-state index in [0.717, 1.165) is 22.6 Å². The molecule has 1 aliphatic heterocycles. The number of aromatic nitrogens is 4. The van der Waals surface area contributed by atoms with Gasteiger partial charge in [-0.3, -0.25) is 5.41 Å². The zero-order valence-corrected chi connectivity index (χ0v) is 19.5. The highest BCUT2D eigenvalue weighted by molar-refractivity contribution is 6.30. The molecule has 5 rings (SSSR count). The van der Waals surface area contributed by atoms with Gasteiger partial charge in [0.1, 0.15) is 23.6 Å². The molecule has 2 aromatic carbocycles. The van der Waals surface area contributed by atoms with Gasteiger partial charge in [-0.1, -0.05) is 29.8 Å². The van der Waals surface area contributed by atoms with Crippen molar-refractivity contribution < 1.29 is 4.74 Å². The van der Waals surface area contributed by atoms with E-state index in [1.165, 1.54) is 0 Å². The predicted octanol–water partition coefficient (Wildman–Crippen LogP) is 3.21. The molecule has 1 fully saturated rings. The maximum absolute atomic E-state index is 7.62. The van der Waals surface area contributed by atoms with Crippen LogP contribution in [-0.2, 0) is 4.74 Å². The number of ether oxygens (including phenoxy) is 1. The lowest BCUT2D eigenvalue weighted by molar-refractivity contribution is 0.0343. The zero-order valence-electron chi connectivity index (χ0n) is 18.7. The van der Waals surface area contributed by atoms with Crippen LogP contribution in [0.15, 0.2) is 54.7 Å². The van der Waals surface area contributed by atoms with Gasteiger partial charge in [0.25, 0.3) is 0 Å². The number of halogens is 1. The molecule has 0 spiro atoms. The first kappa shape index (κ1) is 22.6. The molecular weight excluding hydrogens is 466 g/mol. The maximum atomic E-state index is 7.62. The normalized spacial score (nSPS) is 15.8. The zero-order chi connectivity index (χ0) is 24.5. The molecule has 0 aliphatic carbocycles. The van der Waals surface area contributed by atoms with E-state index in [4.69, 9.17) is 38.9 Å². The second-order valence-corrected chi connectivity index (χ2v) is 8.62. The molecule has 35 heavy (non-hydrogen) atoms. The lowest BCUT2D eigenvalue weighted by Gasteiger charge is -2.33. The van der Waals surface area contributed by atoms with Crippen LogP contribution in [0.1, 0.15) is 17.5 Å². The predicted molar refractivity (Wildman–Crippen MR) is 137 cm³/mol. The monoisotopic (exact) mass is 489 g/mol. The smallest absolute Gasteiger partial charge is 0.222 e. The molecule has 8 N–H and O–H groups in total. The highest BCUT2D eigenvalue weighted by Gasteiger charge is 2.26. The Morgan fingerprint density at radius 3 is 2.74 bits per heavy atom. The fourth-order valence-corrected chi connectivity index (χ4v) is 4.25. The van der Waals surface area contributed by atoms with E-state index in [1.54, 1.807) is 24.4 Å². The van der Waals surface area contributed by atoms with Crippen LogP contribution in [0, 0.1) is 5.41 Å². The summed E-state index contributed by atoms with van der Waals surface area (Å²) in [7, 11) is 0. The van der Waals surface area contributed by atoms with E-state index in [1.807, 2.05) is 30.3 Å². The van der Waals surface area contributed by atoms with Crippen LogP contribution in [0.25, 0.3) is 22.5 Å². The minimum atomic E-state index is -0.276. The highest BCUT2D eigenvalue weighted by Crippen LogP contribution is 2.30. The summed E-state index contributed by atoms with van der Waals surface area (Å²) in [6, 6.07) is 14.7. The molecule has 1 unspecified atom stereocenters. The topological polar surface area (TPSA) is 169 Å². The summed E-state index contributed by atoms with van der Waals surface area (Å²) in [6.07, 6.45) is 1.50. The van der Waals surface area contributed by atoms with Crippen LogP contribution < -0.4 is 22.1 Å². The molecule has 10 nitrogen and oxygen atoms in total. The number of anilines is 3. The second kappa shape index (κ2) is 9.24.